The van der Waals surface area contributed by atoms with Gasteiger partial charge in [-0.15, -0.1) is 0 Å². The lowest BCUT2D eigenvalue weighted by molar-refractivity contribution is -0.146. The fourth-order valence-corrected chi connectivity index (χ4v) is 4.55. The minimum absolute atomic E-state index is 0.226. The first-order valence-electron chi connectivity index (χ1n) is 10.7. The van der Waals surface area contributed by atoms with Crippen LogP contribution in [0.15, 0.2) is 47.3 Å². The summed E-state index contributed by atoms with van der Waals surface area (Å²) >= 11 is 6.54. The number of benzene rings is 2. The maximum absolute atomic E-state index is 13.4. The first-order chi connectivity index (χ1) is 15.7. The summed E-state index contributed by atoms with van der Waals surface area (Å²) in [6.07, 6.45) is 0.184. The van der Waals surface area contributed by atoms with E-state index in [1.165, 1.54) is 11.5 Å². The molecule has 2 atom stereocenters. The Hall–Kier alpha value is -3.32. The third-order valence-electron chi connectivity index (χ3n) is 5.98. The minimum Gasteiger partial charge on any atom is -0.460 e. The molecule has 0 aliphatic heterocycles. The molecule has 1 N–H and O–H groups in total. The molecule has 3 aromatic rings. The van der Waals surface area contributed by atoms with E-state index in [0.29, 0.717) is 34.2 Å². The van der Waals surface area contributed by atoms with Crippen molar-refractivity contribution in [1.29, 1.82) is 0 Å². The molecule has 8 heteroatoms. The predicted molar refractivity (Wildman–Crippen MR) is 131 cm³/mol. The molecule has 1 aliphatic carbocycles. The van der Waals surface area contributed by atoms with Gasteiger partial charge >= 0.3 is 5.97 Å². The number of carbonyl (C=O) groups excluding carboxylic acids is 1. The molecule has 2 unspecified atom stereocenters. The van der Waals surface area contributed by atoms with Crippen LogP contribution in [0.5, 0.6) is 0 Å². The Morgan fingerprint density at radius 3 is 2.64 bits per heavy atom. The van der Waals surface area contributed by atoms with Crippen molar-refractivity contribution in [2.24, 2.45) is 7.05 Å². The number of nitrogens with zero attached hydrogens (tertiary/aromatic N) is 3. The average Bonchev–Trinajstić information content (AvgIpc) is 3.10. The molecule has 33 heavy (non-hydrogen) atoms. The predicted octanol–water partition coefficient (Wildman–Crippen LogP) is 4.12. The molecule has 7 nitrogen and oxygen atoms in total. The number of carbonyl (C=O) groups is 1. The van der Waals surface area contributed by atoms with E-state index in [0.717, 1.165) is 16.8 Å². The Balaban J connectivity index is 1.74. The minimum atomic E-state index is -0.406. The van der Waals surface area contributed by atoms with E-state index >= 15 is 0 Å². The zero-order chi connectivity index (χ0) is 23.9. The van der Waals surface area contributed by atoms with Crippen molar-refractivity contribution in [3.05, 3.63) is 74.7 Å². The molecule has 1 heterocycles. The Morgan fingerprint density at radius 1 is 1.24 bits per heavy atom. The summed E-state index contributed by atoms with van der Waals surface area (Å²) in [6.45, 7) is 3.18. The second-order valence-electron chi connectivity index (χ2n) is 8.49. The zero-order valence-electron chi connectivity index (χ0n) is 19.3. The van der Waals surface area contributed by atoms with Crippen molar-refractivity contribution in [3.63, 3.8) is 0 Å². The summed E-state index contributed by atoms with van der Waals surface area (Å²) in [7, 11) is 5.56. The van der Waals surface area contributed by atoms with Gasteiger partial charge in [-0.1, -0.05) is 35.9 Å². The number of anilines is 2. The van der Waals surface area contributed by atoms with Crippen LogP contribution in [-0.4, -0.2) is 35.7 Å². The number of fused-ring (bicyclic) bond motifs is 1. The molecule has 0 bridgehead atoms. The summed E-state index contributed by atoms with van der Waals surface area (Å²) in [4.78, 5) is 31.8. The lowest BCUT2D eigenvalue weighted by Crippen LogP contribution is -2.31. The van der Waals surface area contributed by atoms with Crippen LogP contribution in [0.3, 0.4) is 0 Å². The highest BCUT2D eigenvalue weighted by molar-refractivity contribution is 6.33. The number of halogens is 1. The lowest BCUT2D eigenvalue weighted by atomic mass is 10.1. The SMILES string of the molecule is CC(=O)OC1Cc2ccccc2C1Nc1c(C)nc(-c2ccc(N(C)C)cc2Cl)n(C)c1=O. The van der Waals surface area contributed by atoms with Gasteiger partial charge in [0.2, 0.25) is 0 Å². The highest BCUT2D eigenvalue weighted by Gasteiger charge is 2.35. The van der Waals surface area contributed by atoms with E-state index in [1.807, 2.05) is 61.5 Å². The van der Waals surface area contributed by atoms with Crippen molar-refractivity contribution in [1.82, 2.24) is 9.55 Å². The van der Waals surface area contributed by atoms with Gasteiger partial charge < -0.3 is 15.0 Å². The van der Waals surface area contributed by atoms with Crippen LogP contribution in [0.1, 0.15) is 29.8 Å². The van der Waals surface area contributed by atoms with Gasteiger partial charge in [0, 0.05) is 45.7 Å². The molecule has 0 spiro atoms. The highest BCUT2D eigenvalue weighted by Crippen LogP contribution is 2.36. The van der Waals surface area contributed by atoms with E-state index in [1.54, 1.807) is 14.0 Å². The summed E-state index contributed by atoms with van der Waals surface area (Å²) in [5.74, 6) is 0.134. The third kappa shape index (κ3) is 4.33. The first kappa shape index (κ1) is 22.9. The summed E-state index contributed by atoms with van der Waals surface area (Å²) in [5.41, 5.74) is 4.44. The van der Waals surface area contributed by atoms with E-state index in [-0.39, 0.29) is 17.6 Å². The van der Waals surface area contributed by atoms with Crippen LogP contribution in [0.25, 0.3) is 11.4 Å². The van der Waals surface area contributed by atoms with Gasteiger partial charge in [-0.05, 0) is 36.2 Å². The molecule has 4 rings (SSSR count). The normalized spacial score (nSPS) is 16.9. The Bertz CT molecular complexity index is 1290. The van der Waals surface area contributed by atoms with Gasteiger partial charge in [-0.2, -0.15) is 0 Å². The van der Waals surface area contributed by atoms with Crippen LogP contribution in [-0.2, 0) is 23.0 Å². The van der Waals surface area contributed by atoms with Crippen molar-refractivity contribution in [2.45, 2.75) is 32.4 Å². The first-order valence-corrected chi connectivity index (χ1v) is 11.1. The second kappa shape index (κ2) is 8.90. The summed E-state index contributed by atoms with van der Waals surface area (Å²) in [6, 6.07) is 13.2. The molecule has 0 saturated carbocycles. The van der Waals surface area contributed by atoms with Crippen LogP contribution in [0.4, 0.5) is 11.4 Å². The topological polar surface area (TPSA) is 76.5 Å². The van der Waals surface area contributed by atoms with Gasteiger partial charge in [-0.3, -0.25) is 14.2 Å². The molecular weight excluding hydrogens is 440 g/mol. The average molecular weight is 467 g/mol. The number of nitrogens with one attached hydrogen (secondary N) is 1. The number of esters is 1. The van der Waals surface area contributed by atoms with Crippen LogP contribution < -0.4 is 15.8 Å². The van der Waals surface area contributed by atoms with Crippen LogP contribution in [0, 0.1) is 6.92 Å². The number of hydrogen-bond donors (Lipinski definition) is 1. The molecular formula is C25H27ClN4O3. The Kier molecular flexibility index (Phi) is 6.17. The molecule has 0 amide bonds. The molecule has 0 radical (unpaired) electrons. The van der Waals surface area contributed by atoms with E-state index in [9.17, 15) is 9.59 Å². The third-order valence-corrected chi connectivity index (χ3v) is 6.29. The zero-order valence-corrected chi connectivity index (χ0v) is 20.1. The molecule has 0 saturated heterocycles. The fraction of sp³-hybridized carbons (Fsp3) is 0.320. The number of hydrogen-bond acceptors (Lipinski definition) is 6. The summed E-state index contributed by atoms with van der Waals surface area (Å²) in [5, 5.41) is 3.85. The summed E-state index contributed by atoms with van der Waals surface area (Å²) < 4.78 is 7.07. The van der Waals surface area contributed by atoms with Gasteiger partial charge in [0.05, 0.1) is 16.8 Å². The standard InChI is InChI=1S/C25H27ClN4O3/c1-14-22(28-23-18-9-7-6-8-16(18)12-21(23)33-15(2)31)25(32)30(5)24(27-14)19-11-10-17(29(3)4)13-20(19)26/h6-11,13,21,23,28H,12H2,1-5H3. The van der Waals surface area contributed by atoms with Crippen LogP contribution >= 0.6 is 11.6 Å². The maximum Gasteiger partial charge on any atom is 0.302 e. The monoisotopic (exact) mass is 466 g/mol. The molecule has 2 aromatic carbocycles. The largest absolute Gasteiger partial charge is 0.460 e. The number of ether oxygens (including phenoxy) is 1. The highest BCUT2D eigenvalue weighted by atomic mass is 35.5. The Morgan fingerprint density at radius 2 is 1.97 bits per heavy atom. The van der Waals surface area contributed by atoms with Crippen molar-refractivity contribution in [2.75, 3.05) is 24.3 Å². The quantitative estimate of drug-likeness (QED) is 0.570. The van der Waals surface area contributed by atoms with Gasteiger partial charge in [0.15, 0.2) is 0 Å². The number of aromatic nitrogens is 2. The van der Waals surface area contributed by atoms with E-state index in [2.05, 4.69) is 5.32 Å². The van der Waals surface area contributed by atoms with Crippen molar-refractivity contribution in [3.8, 4) is 11.4 Å². The van der Waals surface area contributed by atoms with E-state index in [4.69, 9.17) is 21.3 Å². The van der Waals surface area contributed by atoms with Crippen LogP contribution in [0.2, 0.25) is 5.02 Å². The smallest absolute Gasteiger partial charge is 0.302 e. The van der Waals surface area contributed by atoms with Crippen molar-refractivity contribution >= 4 is 28.9 Å². The van der Waals surface area contributed by atoms with Gasteiger partial charge in [-0.25, -0.2) is 4.98 Å². The Labute approximate surface area is 198 Å². The van der Waals surface area contributed by atoms with Crippen molar-refractivity contribution < 1.29 is 9.53 Å². The van der Waals surface area contributed by atoms with Gasteiger partial charge in [0.1, 0.15) is 17.6 Å². The van der Waals surface area contributed by atoms with Gasteiger partial charge in [0.25, 0.3) is 5.56 Å². The molecule has 0 fully saturated rings. The van der Waals surface area contributed by atoms with E-state index < -0.39 is 6.10 Å². The molecule has 172 valence electrons. The second-order valence-corrected chi connectivity index (χ2v) is 8.90. The number of rotatable bonds is 5. The molecule has 1 aliphatic rings. The fourth-order valence-electron chi connectivity index (χ4n) is 4.29. The maximum atomic E-state index is 13.4. The number of aryl methyl sites for hydroxylation is 1. The molecule has 1 aromatic heterocycles. The lowest BCUT2D eigenvalue weighted by Gasteiger charge is -2.24.